The van der Waals surface area contributed by atoms with Gasteiger partial charge in [-0.3, -0.25) is 0 Å². The lowest BCUT2D eigenvalue weighted by Gasteiger charge is -2.09. The quantitative estimate of drug-likeness (QED) is 0.649. The van der Waals surface area contributed by atoms with Gasteiger partial charge >= 0.3 is 0 Å². The summed E-state index contributed by atoms with van der Waals surface area (Å²) in [4.78, 5) is 3.52. The highest BCUT2D eigenvalue weighted by Gasteiger charge is 1.99. The standard InChI is InChI=1S/C18H20N2S/c1-13(2)12-19-18-11-14-7-3-5-9-16(14)21-17-10-6-4-8-15(17)20-18/h3-11,13,19-20H,12H2,1-2H3. The van der Waals surface area contributed by atoms with Gasteiger partial charge in [0.25, 0.3) is 0 Å². The highest BCUT2D eigenvalue weighted by molar-refractivity contribution is 7.24. The molecule has 0 spiro atoms. The minimum atomic E-state index is 0.609. The van der Waals surface area contributed by atoms with Crippen LogP contribution in [-0.4, -0.2) is 11.5 Å². The minimum absolute atomic E-state index is 0.609. The Hall–Kier alpha value is -2.00. The first-order chi connectivity index (χ1) is 10.2. The number of H-pyrrole nitrogens is 1. The summed E-state index contributed by atoms with van der Waals surface area (Å²) in [5, 5.41) is 4.76. The molecule has 0 aliphatic rings. The minimum Gasteiger partial charge on any atom is -0.371 e. The highest BCUT2D eigenvalue weighted by atomic mass is 32.1. The number of nitrogens with one attached hydrogen (secondary N) is 2. The molecule has 3 aromatic rings. The second-order valence-electron chi connectivity index (χ2n) is 5.59. The summed E-state index contributed by atoms with van der Waals surface area (Å²) < 4.78 is 2.54. The Morgan fingerprint density at radius 2 is 1.71 bits per heavy atom. The lowest BCUT2D eigenvalue weighted by atomic mass is 10.2. The highest BCUT2D eigenvalue weighted by Crippen LogP contribution is 2.25. The van der Waals surface area contributed by atoms with Crippen molar-refractivity contribution in [2.24, 2.45) is 5.92 Å². The molecule has 2 nitrogen and oxygen atoms in total. The molecule has 3 heteroatoms. The van der Waals surface area contributed by atoms with Crippen molar-refractivity contribution in [3.8, 4) is 0 Å². The van der Waals surface area contributed by atoms with Gasteiger partial charge in [0.1, 0.15) is 5.82 Å². The first kappa shape index (κ1) is 14.0. The number of rotatable bonds is 3. The van der Waals surface area contributed by atoms with Crippen LogP contribution in [0.2, 0.25) is 0 Å². The maximum absolute atomic E-state index is 3.52. The molecule has 3 rings (SSSR count). The molecule has 1 aromatic heterocycles. The lowest BCUT2D eigenvalue weighted by Crippen LogP contribution is -2.08. The van der Waals surface area contributed by atoms with Crippen LogP contribution in [0.25, 0.3) is 20.3 Å². The predicted molar refractivity (Wildman–Crippen MR) is 94.6 cm³/mol. The van der Waals surface area contributed by atoms with Crippen molar-refractivity contribution >= 4 is 37.5 Å². The van der Waals surface area contributed by atoms with Crippen molar-refractivity contribution in [3.05, 3.63) is 54.6 Å². The maximum Gasteiger partial charge on any atom is 0.104 e. The summed E-state index contributed by atoms with van der Waals surface area (Å²) in [7, 11) is 0. The molecular weight excluding hydrogens is 276 g/mol. The van der Waals surface area contributed by atoms with Crippen LogP contribution in [0.1, 0.15) is 13.8 Å². The van der Waals surface area contributed by atoms with Gasteiger partial charge in [-0.25, -0.2) is 0 Å². The molecule has 1 heterocycles. The maximum atomic E-state index is 3.52. The fraction of sp³-hybridized carbons (Fsp3) is 0.222. The van der Waals surface area contributed by atoms with Crippen LogP contribution in [0.3, 0.4) is 0 Å². The fourth-order valence-corrected chi connectivity index (χ4v) is 3.22. The Morgan fingerprint density at radius 3 is 2.52 bits per heavy atom. The molecule has 2 aromatic carbocycles. The number of fused-ring (bicyclic) bond motifs is 2. The molecule has 21 heavy (non-hydrogen) atoms. The zero-order valence-corrected chi connectivity index (χ0v) is 13.2. The van der Waals surface area contributed by atoms with E-state index in [1.165, 1.54) is 14.8 Å². The van der Waals surface area contributed by atoms with Crippen molar-refractivity contribution in [1.29, 1.82) is 0 Å². The van der Waals surface area contributed by atoms with E-state index in [-0.39, 0.29) is 0 Å². The van der Waals surface area contributed by atoms with Crippen LogP contribution in [-0.2, 0) is 0 Å². The molecule has 0 fully saturated rings. The number of aromatic nitrogens is 1. The zero-order valence-electron chi connectivity index (χ0n) is 12.4. The Kier molecular flexibility index (Phi) is 4.11. The number of benzene rings is 2. The van der Waals surface area contributed by atoms with Gasteiger partial charge in [-0.05, 0) is 35.6 Å². The Labute approximate surface area is 129 Å². The smallest absolute Gasteiger partial charge is 0.104 e. The largest absolute Gasteiger partial charge is 0.371 e. The van der Waals surface area contributed by atoms with Crippen LogP contribution < -0.4 is 5.32 Å². The van der Waals surface area contributed by atoms with Crippen LogP contribution in [0.4, 0.5) is 5.82 Å². The van der Waals surface area contributed by atoms with E-state index in [9.17, 15) is 0 Å². The monoisotopic (exact) mass is 296 g/mol. The molecule has 0 radical (unpaired) electrons. The van der Waals surface area contributed by atoms with E-state index in [1.54, 1.807) is 0 Å². The topological polar surface area (TPSA) is 27.8 Å². The summed E-state index contributed by atoms with van der Waals surface area (Å²) in [6.07, 6.45) is 0. The first-order valence-corrected chi connectivity index (χ1v) is 8.12. The van der Waals surface area contributed by atoms with E-state index in [4.69, 9.17) is 0 Å². The third-order valence-electron chi connectivity index (χ3n) is 3.30. The molecule has 0 amide bonds. The van der Waals surface area contributed by atoms with Gasteiger partial charge in [0, 0.05) is 11.2 Å². The Balaban J connectivity index is 2.26. The van der Waals surface area contributed by atoms with Crippen molar-refractivity contribution < 1.29 is 0 Å². The molecule has 2 N–H and O–H groups in total. The second-order valence-corrected chi connectivity index (χ2v) is 6.68. The van der Waals surface area contributed by atoms with Gasteiger partial charge in [0.05, 0.1) is 10.2 Å². The second kappa shape index (κ2) is 6.19. The van der Waals surface area contributed by atoms with Gasteiger partial charge in [0.2, 0.25) is 0 Å². The number of aromatic amines is 1. The lowest BCUT2D eigenvalue weighted by molar-refractivity contribution is 0.687. The van der Waals surface area contributed by atoms with E-state index in [0.717, 1.165) is 17.9 Å². The van der Waals surface area contributed by atoms with Crippen LogP contribution in [0, 0.1) is 5.92 Å². The molecule has 0 aliphatic carbocycles. The van der Waals surface area contributed by atoms with Gasteiger partial charge in [-0.2, -0.15) is 0 Å². The van der Waals surface area contributed by atoms with Gasteiger partial charge < -0.3 is 10.3 Å². The summed E-state index contributed by atoms with van der Waals surface area (Å²) in [6.45, 7) is 5.39. The Morgan fingerprint density at radius 1 is 1.00 bits per heavy atom. The zero-order chi connectivity index (χ0) is 14.7. The van der Waals surface area contributed by atoms with Gasteiger partial charge in [0.15, 0.2) is 0 Å². The number of para-hydroxylation sites is 1. The van der Waals surface area contributed by atoms with Crippen LogP contribution in [0.15, 0.2) is 54.6 Å². The third kappa shape index (κ3) is 3.37. The average Bonchev–Trinajstić information content (AvgIpc) is 2.46. The van der Waals surface area contributed by atoms with Crippen LogP contribution in [0.5, 0.6) is 0 Å². The molecule has 0 aliphatic heterocycles. The molecular formula is C18H20N2S. The van der Waals surface area contributed by atoms with E-state index in [1.807, 2.05) is 11.3 Å². The van der Waals surface area contributed by atoms with E-state index < -0.39 is 0 Å². The molecule has 0 bridgehead atoms. The fourth-order valence-electron chi connectivity index (χ4n) is 2.22. The summed E-state index contributed by atoms with van der Waals surface area (Å²) in [5.41, 5.74) is 1.15. The predicted octanol–water partition coefficient (Wildman–Crippen LogP) is 5.57. The van der Waals surface area contributed by atoms with Crippen molar-refractivity contribution in [2.75, 3.05) is 11.9 Å². The normalized spacial score (nSPS) is 11.0. The summed E-state index contributed by atoms with van der Waals surface area (Å²) in [6, 6.07) is 19.2. The van der Waals surface area contributed by atoms with Crippen molar-refractivity contribution in [1.82, 2.24) is 4.98 Å². The molecule has 0 saturated carbocycles. The van der Waals surface area contributed by atoms with Gasteiger partial charge in [-0.15, -0.1) is 11.3 Å². The van der Waals surface area contributed by atoms with Gasteiger partial charge in [-0.1, -0.05) is 44.2 Å². The number of hydrogen-bond donors (Lipinski definition) is 2. The van der Waals surface area contributed by atoms with Crippen molar-refractivity contribution in [2.45, 2.75) is 13.8 Å². The summed E-state index contributed by atoms with van der Waals surface area (Å²) in [5.74, 6) is 1.67. The third-order valence-corrected chi connectivity index (χ3v) is 4.46. The molecule has 0 atom stereocenters. The van der Waals surface area contributed by atoms with Crippen LogP contribution >= 0.6 is 11.3 Å². The Bertz CT molecular complexity index is 738. The molecule has 108 valence electrons. The first-order valence-electron chi connectivity index (χ1n) is 7.31. The van der Waals surface area contributed by atoms with E-state index in [2.05, 4.69) is 78.7 Å². The van der Waals surface area contributed by atoms with E-state index in [0.29, 0.717) is 5.92 Å². The van der Waals surface area contributed by atoms with E-state index >= 15 is 0 Å². The SMILES string of the molecule is CC(C)CNc1cc2ccccc2sc2ccccc2[nH]1. The van der Waals surface area contributed by atoms with Crippen molar-refractivity contribution in [3.63, 3.8) is 0 Å². The molecule has 0 unspecified atom stereocenters. The summed E-state index contributed by atoms with van der Waals surface area (Å²) >= 11 is 1.81. The number of anilines is 1. The average molecular weight is 296 g/mol. The number of hydrogen-bond acceptors (Lipinski definition) is 2. The molecule has 0 saturated heterocycles.